The summed E-state index contributed by atoms with van der Waals surface area (Å²) >= 11 is 0. The van der Waals surface area contributed by atoms with Crippen molar-refractivity contribution in [2.75, 3.05) is 11.1 Å². The smallest absolute Gasteiger partial charge is 0.399 e. The number of nitrogens with zero attached hydrogens (tertiary/aromatic N) is 3. The van der Waals surface area contributed by atoms with E-state index in [4.69, 9.17) is 5.73 Å². The lowest BCUT2D eigenvalue weighted by atomic mass is 10.1. The molecule has 1 fully saturated rings. The standard InChI is InChI=1S/C22H20F3N7O2/c23-22(24,25)17-7-14(26)1-4-18(17)31-16-3-2-15(29-11-16)10-30-20(34)21(5-6-21)32-19(33)13-8-27-12-28-9-13/h1-4,7-9,11-12,31H,5-6,10,26H2,(H,30,34)(H,32,33). The number of rotatable bonds is 7. The second kappa shape index (κ2) is 8.96. The van der Waals surface area contributed by atoms with Gasteiger partial charge in [0.2, 0.25) is 5.91 Å². The molecule has 0 spiro atoms. The van der Waals surface area contributed by atoms with Crippen molar-refractivity contribution < 1.29 is 22.8 Å². The van der Waals surface area contributed by atoms with Gasteiger partial charge in [-0.25, -0.2) is 9.97 Å². The minimum absolute atomic E-state index is 0.00353. The highest BCUT2D eigenvalue weighted by Gasteiger charge is 2.51. The van der Waals surface area contributed by atoms with Gasteiger partial charge in [-0.15, -0.1) is 0 Å². The molecule has 0 saturated heterocycles. The van der Waals surface area contributed by atoms with E-state index < -0.39 is 23.2 Å². The number of aromatic nitrogens is 3. The van der Waals surface area contributed by atoms with Gasteiger partial charge < -0.3 is 21.7 Å². The fourth-order valence-corrected chi connectivity index (χ4v) is 3.24. The maximum Gasteiger partial charge on any atom is 0.418 e. The Morgan fingerprint density at radius 1 is 1.06 bits per heavy atom. The van der Waals surface area contributed by atoms with Crippen LogP contribution in [0.4, 0.5) is 30.2 Å². The van der Waals surface area contributed by atoms with Gasteiger partial charge in [0.15, 0.2) is 0 Å². The highest BCUT2D eigenvalue weighted by atomic mass is 19.4. The fourth-order valence-electron chi connectivity index (χ4n) is 3.24. The number of benzene rings is 1. The number of hydrogen-bond donors (Lipinski definition) is 4. The Kier molecular flexibility index (Phi) is 6.05. The van der Waals surface area contributed by atoms with Gasteiger partial charge >= 0.3 is 6.18 Å². The molecule has 0 unspecified atom stereocenters. The maximum atomic E-state index is 13.3. The van der Waals surface area contributed by atoms with Crippen LogP contribution in [0.2, 0.25) is 0 Å². The summed E-state index contributed by atoms with van der Waals surface area (Å²) in [6.07, 6.45) is 1.80. The van der Waals surface area contributed by atoms with Crippen LogP contribution < -0.4 is 21.7 Å². The van der Waals surface area contributed by atoms with Crippen LogP contribution in [0.1, 0.15) is 34.5 Å². The Morgan fingerprint density at radius 3 is 2.41 bits per heavy atom. The van der Waals surface area contributed by atoms with E-state index in [9.17, 15) is 22.8 Å². The SMILES string of the molecule is Nc1ccc(Nc2ccc(CNC(=O)C3(NC(=O)c4cncnc4)CC3)nc2)c(C(F)(F)F)c1. The van der Waals surface area contributed by atoms with Crippen LogP contribution in [0.25, 0.3) is 0 Å². The third kappa shape index (κ3) is 5.22. The molecule has 3 aromatic rings. The van der Waals surface area contributed by atoms with Crippen LogP contribution in [-0.2, 0) is 17.5 Å². The van der Waals surface area contributed by atoms with E-state index in [0.29, 0.717) is 24.2 Å². The van der Waals surface area contributed by atoms with Gasteiger partial charge in [-0.2, -0.15) is 13.2 Å². The van der Waals surface area contributed by atoms with Crippen molar-refractivity contribution in [1.82, 2.24) is 25.6 Å². The van der Waals surface area contributed by atoms with Gasteiger partial charge in [-0.05, 0) is 43.2 Å². The van der Waals surface area contributed by atoms with Gasteiger partial charge in [0.05, 0.1) is 40.9 Å². The number of nitrogens with one attached hydrogen (secondary N) is 3. The van der Waals surface area contributed by atoms with Crippen molar-refractivity contribution in [3.8, 4) is 0 Å². The normalized spacial score (nSPS) is 14.2. The number of hydrogen-bond acceptors (Lipinski definition) is 7. The lowest BCUT2D eigenvalue weighted by molar-refractivity contribution is -0.136. The minimum Gasteiger partial charge on any atom is -0.399 e. The molecule has 0 atom stereocenters. The van der Waals surface area contributed by atoms with Crippen LogP contribution in [0, 0.1) is 0 Å². The molecule has 1 aliphatic rings. The van der Waals surface area contributed by atoms with Crippen molar-refractivity contribution >= 4 is 28.9 Å². The minimum atomic E-state index is -4.57. The number of alkyl halides is 3. The molecular formula is C22H20F3N7O2. The average Bonchev–Trinajstić information content (AvgIpc) is 3.60. The van der Waals surface area contributed by atoms with E-state index in [1.54, 1.807) is 12.1 Å². The number of carbonyl (C=O) groups excluding carboxylic acids is 2. The summed E-state index contributed by atoms with van der Waals surface area (Å²) in [4.78, 5) is 36.7. The Bertz CT molecular complexity index is 1200. The predicted molar refractivity (Wildman–Crippen MR) is 117 cm³/mol. The molecule has 2 heterocycles. The summed E-state index contributed by atoms with van der Waals surface area (Å²) in [6.45, 7) is 0.0842. The van der Waals surface area contributed by atoms with Crippen LogP contribution >= 0.6 is 0 Å². The summed E-state index contributed by atoms with van der Waals surface area (Å²) in [5, 5.41) is 8.13. The van der Waals surface area contributed by atoms with Crippen molar-refractivity contribution in [3.63, 3.8) is 0 Å². The highest BCUT2D eigenvalue weighted by Crippen LogP contribution is 2.37. The third-order valence-corrected chi connectivity index (χ3v) is 5.24. The summed E-state index contributed by atoms with van der Waals surface area (Å²) in [5.41, 5.74) is 4.54. The zero-order valence-corrected chi connectivity index (χ0v) is 17.7. The van der Waals surface area contributed by atoms with E-state index in [-0.39, 0.29) is 29.4 Å². The number of carbonyl (C=O) groups is 2. The van der Waals surface area contributed by atoms with Gasteiger partial charge in [-0.3, -0.25) is 14.6 Å². The summed E-state index contributed by atoms with van der Waals surface area (Å²) in [6, 6.07) is 6.60. The van der Waals surface area contributed by atoms with Crippen molar-refractivity contribution in [2.24, 2.45) is 0 Å². The van der Waals surface area contributed by atoms with E-state index in [0.717, 1.165) is 6.07 Å². The van der Waals surface area contributed by atoms with Crippen LogP contribution in [0.3, 0.4) is 0 Å². The van der Waals surface area contributed by atoms with Crippen LogP contribution in [-0.4, -0.2) is 32.3 Å². The topological polar surface area (TPSA) is 135 Å². The largest absolute Gasteiger partial charge is 0.418 e. The molecule has 1 aromatic carbocycles. The number of anilines is 3. The number of nitrogens with two attached hydrogens (primary N) is 1. The zero-order chi connectivity index (χ0) is 24.3. The predicted octanol–water partition coefficient (Wildman–Crippen LogP) is 2.80. The molecule has 4 rings (SSSR count). The zero-order valence-electron chi connectivity index (χ0n) is 17.7. The average molecular weight is 471 g/mol. The molecule has 9 nitrogen and oxygen atoms in total. The summed E-state index contributed by atoms with van der Waals surface area (Å²) in [5.74, 6) is -0.791. The molecular weight excluding hydrogens is 451 g/mol. The number of amides is 2. The quantitative estimate of drug-likeness (QED) is 0.389. The van der Waals surface area contributed by atoms with Crippen LogP contribution in [0.15, 0.2) is 55.2 Å². The molecule has 2 amide bonds. The van der Waals surface area contributed by atoms with Gasteiger partial charge in [0, 0.05) is 18.1 Å². The third-order valence-electron chi connectivity index (χ3n) is 5.24. The van der Waals surface area contributed by atoms with Crippen molar-refractivity contribution in [1.29, 1.82) is 0 Å². The summed E-state index contributed by atoms with van der Waals surface area (Å²) in [7, 11) is 0. The first kappa shape index (κ1) is 23.0. The molecule has 0 aliphatic heterocycles. The molecule has 176 valence electrons. The van der Waals surface area contributed by atoms with Gasteiger partial charge in [-0.1, -0.05) is 0 Å². The van der Waals surface area contributed by atoms with E-state index in [1.165, 1.54) is 37.1 Å². The van der Waals surface area contributed by atoms with E-state index in [2.05, 4.69) is 30.9 Å². The van der Waals surface area contributed by atoms with E-state index in [1.807, 2.05) is 0 Å². The molecule has 34 heavy (non-hydrogen) atoms. The Hall–Kier alpha value is -4.22. The fraction of sp³-hybridized carbons (Fsp3) is 0.227. The Labute approximate surface area is 192 Å². The summed E-state index contributed by atoms with van der Waals surface area (Å²) < 4.78 is 39.8. The molecule has 2 aromatic heterocycles. The lowest BCUT2D eigenvalue weighted by Gasteiger charge is -2.17. The lowest BCUT2D eigenvalue weighted by Crippen LogP contribution is -2.48. The Balaban J connectivity index is 1.35. The van der Waals surface area contributed by atoms with Crippen molar-refractivity contribution in [3.05, 3.63) is 72.1 Å². The first-order chi connectivity index (χ1) is 16.2. The van der Waals surface area contributed by atoms with Crippen LogP contribution in [0.5, 0.6) is 0 Å². The maximum absolute atomic E-state index is 13.3. The second-order valence-electron chi connectivity index (χ2n) is 7.81. The number of halogens is 3. The first-order valence-electron chi connectivity index (χ1n) is 10.2. The highest BCUT2D eigenvalue weighted by molar-refractivity contribution is 6.00. The Morgan fingerprint density at radius 2 is 1.79 bits per heavy atom. The first-order valence-corrected chi connectivity index (χ1v) is 10.2. The molecule has 12 heteroatoms. The van der Waals surface area contributed by atoms with Crippen molar-refractivity contribution in [2.45, 2.75) is 31.1 Å². The number of pyridine rings is 1. The second-order valence-corrected chi connectivity index (χ2v) is 7.81. The van der Waals surface area contributed by atoms with Gasteiger partial charge in [0.25, 0.3) is 5.91 Å². The molecule has 1 aliphatic carbocycles. The molecule has 0 bridgehead atoms. The molecule has 5 N–H and O–H groups in total. The molecule has 0 radical (unpaired) electrons. The molecule has 1 saturated carbocycles. The monoisotopic (exact) mass is 471 g/mol. The van der Waals surface area contributed by atoms with E-state index >= 15 is 0 Å². The van der Waals surface area contributed by atoms with Gasteiger partial charge in [0.1, 0.15) is 11.9 Å². The number of nitrogen functional groups attached to an aromatic ring is 1.